The van der Waals surface area contributed by atoms with Crippen molar-refractivity contribution in [3.05, 3.63) is 88.9 Å². The van der Waals surface area contributed by atoms with Crippen molar-refractivity contribution in [2.75, 3.05) is 18.9 Å². The van der Waals surface area contributed by atoms with E-state index in [4.69, 9.17) is 21.1 Å². The van der Waals surface area contributed by atoms with Crippen molar-refractivity contribution >= 4 is 23.4 Å². The van der Waals surface area contributed by atoms with Crippen LogP contribution in [-0.2, 0) is 13.2 Å². The first kappa shape index (κ1) is 24.1. The second-order valence-corrected chi connectivity index (χ2v) is 8.83. The molecule has 0 fully saturated rings. The molecule has 0 amide bonds. The number of rotatable bonds is 12. The Bertz CT molecular complexity index is 1170. The topological polar surface area (TPSA) is 74.1 Å². The van der Waals surface area contributed by atoms with E-state index in [1.54, 1.807) is 16.4 Å². The molecule has 1 heterocycles. The molecule has 34 heavy (non-hydrogen) atoms. The Morgan fingerprint density at radius 3 is 2.59 bits per heavy atom. The van der Waals surface area contributed by atoms with Gasteiger partial charge in [0.1, 0.15) is 6.61 Å². The number of tetrazole rings is 1. The Kier molecular flexibility index (Phi) is 8.78. The maximum absolute atomic E-state index is 6.18. The summed E-state index contributed by atoms with van der Waals surface area (Å²) in [6.45, 7) is 4.41. The molecule has 0 bridgehead atoms. The predicted octanol–water partition coefficient (Wildman–Crippen LogP) is 5.18. The van der Waals surface area contributed by atoms with E-state index in [1.165, 1.54) is 0 Å². The summed E-state index contributed by atoms with van der Waals surface area (Å²) >= 11 is 7.60. The highest BCUT2D eigenvalue weighted by molar-refractivity contribution is 7.99. The number of para-hydroxylation sites is 2. The number of nitrogens with zero attached hydrogens (tertiary/aromatic N) is 4. The standard InChI is InChI=1S/C25H26ClN5O2S/c1-2-32-23-10-6-7-20(24(23)33-18-19-11-13-21(26)14-12-19)17-27-15-16-34-25-28-29-30-31(25)22-8-4-3-5-9-22/h3-14,27H,2,15-18H2,1H3. The predicted molar refractivity (Wildman–Crippen MR) is 135 cm³/mol. The molecule has 0 saturated carbocycles. The highest BCUT2D eigenvalue weighted by Gasteiger charge is 2.12. The van der Waals surface area contributed by atoms with Gasteiger partial charge in [-0.05, 0) is 53.2 Å². The van der Waals surface area contributed by atoms with Crippen molar-refractivity contribution in [3.63, 3.8) is 0 Å². The van der Waals surface area contributed by atoms with Gasteiger partial charge in [-0.15, -0.1) is 5.10 Å². The van der Waals surface area contributed by atoms with Crippen LogP contribution >= 0.6 is 23.4 Å². The second-order valence-electron chi connectivity index (χ2n) is 7.33. The highest BCUT2D eigenvalue weighted by Crippen LogP contribution is 2.32. The van der Waals surface area contributed by atoms with E-state index >= 15 is 0 Å². The number of aromatic nitrogens is 4. The van der Waals surface area contributed by atoms with E-state index in [2.05, 4.69) is 26.9 Å². The Labute approximate surface area is 208 Å². The summed E-state index contributed by atoms with van der Waals surface area (Å²) in [5, 5.41) is 17.0. The third kappa shape index (κ3) is 6.50. The summed E-state index contributed by atoms with van der Waals surface area (Å²) in [7, 11) is 0. The van der Waals surface area contributed by atoms with E-state index in [9.17, 15) is 0 Å². The van der Waals surface area contributed by atoms with Gasteiger partial charge >= 0.3 is 0 Å². The Morgan fingerprint density at radius 1 is 0.971 bits per heavy atom. The van der Waals surface area contributed by atoms with Crippen LogP contribution < -0.4 is 14.8 Å². The number of halogens is 1. The van der Waals surface area contributed by atoms with Crippen LogP contribution in [0.2, 0.25) is 5.02 Å². The van der Waals surface area contributed by atoms with Crippen molar-refractivity contribution in [1.29, 1.82) is 0 Å². The molecule has 1 aromatic heterocycles. The van der Waals surface area contributed by atoms with Crippen molar-refractivity contribution in [1.82, 2.24) is 25.5 Å². The molecular weight excluding hydrogens is 470 g/mol. The number of hydrogen-bond donors (Lipinski definition) is 1. The van der Waals surface area contributed by atoms with Crippen LogP contribution in [0.25, 0.3) is 5.69 Å². The van der Waals surface area contributed by atoms with E-state index in [1.807, 2.05) is 73.7 Å². The summed E-state index contributed by atoms with van der Waals surface area (Å²) in [6, 6.07) is 23.5. The Hall–Kier alpha value is -3.07. The number of thioether (sulfide) groups is 1. The van der Waals surface area contributed by atoms with Crippen LogP contribution in [0.5, 0.6) is 11.5 Å². The quantitative estimate of drug-likeness (QED) is 0.214. The van der Waals surface area contributed by atoms with E-state index in [0.717, 1.165) is 45.8 Å². The molecule has 0 spiro atoms. The van der Waals surface area contributed by atoms with Gasteiger partial charge in [0.15, 0.2) is 11.5 Å². The average Bonchev–Trinajstić information content (AvgIpc) is 3.34. The van der Waals surface area contributed by atoms with Crippen LogP contribution in [-0.4, -0.2) is 39.1 Å². The molecule has 4 rings (SSSR count). The third-order valence-corrected chi connectivity index (χ3v) is 6.10. The van der Waals surface area contributed by atoms with E-state index < -0.39 is 0 Å². The summed E-state index contributed by atoms with van der Waals surface area (Å²) in [5.74, 6) is 2.32. The lowest BCUT2D eigenvalue weighted by Crippen LogP contribution is -2.17. The lowest BCUT2D eigenvalue weighted by atomic mass is 10.1. The zero-order valence-electron chi connectivity index (χ0n) is 18.9. The van der Waals surface area contributed by atoms with Crippen LogP contribution in [0.4, 0.5) is 0 Å². The zero-order valence-corrected chi connectivity index (χ0v) is 20.4. The molecule has 3 aromatic carbocycles. The smallest absolute Gasteiger partial charge is 0.214 e. The fourth-order valence-corrected chi connectivity index (χ4v) is 4.22. The first-order chi connectivity index (χ1) is 16.7. The fraction of sp³-hybridized carbons (Fsp3) is 0.240. The van der Waals surface area contributed by atoms with E-state index in [0.29, 0.717) is 24.8 Å². The van der Waals surface area contributed by atoms with Crippen LogP contribution in [0.3, 0.4) is 0 Å². The minimum Gasteiger partial charge on any atom is -0.490 e. The molecule has 0 unspecified atom stereocenters. The summed E-state index contributed by atoms with van der Waals surface area (Å²) in [5.41, 5.74) is 3.03. The number of ether oxygens (including phenoxy) is 2. The summed E-state index contributed by atoms with van der Waals surface area (Å²) < 4.78 is 13.7. The lowest BCUT2D eigenvalue weighted by molar-refractivity contribution is 0.266. The van der Waals surface area contributed by atoms with Gasteiger partial charge in [0, 0.05) is 29.4 Å². The fourth-order valence-electron chi connectivity index (χ4n) is 3.31. The number of benzene rings is 3. The highest BCUT2D eigenvalue weighted by atomic mass is 35.5. The monoisotopic (exact) mass is 495 g/mol. The van der Waals surface area contributed by atoms with E-state index in [-0.39, 0.29) is 0 Å². The van der Waals surface area contributed by atoms with Gasteiger partial charge in [-0.1, -0.05) is 65.8 Å². The maximum Gasteiger partial charge on any atom is 0.214 e. The molecule has 0 saturated heterocycles. The molecule has 1 N–H and O–H groups in total. The van der Waals surface area contributed by atoms with Gasteiger partial charge in [-0.2, -0.15) is 4.68 Å². The molecule has 0 aliphatic rings. The third-order valence-electron chi connectivity index (χ3n) is 4.92. The van der Waals surface area contributed by atoms with Crippen LogP contribution in [0.1, 0.15) is 18.1 Å². The van der Waals surface area contributed by atoms with Gasteiger partial charge < -0.3 is 14.8 Å². The van der Waals surface area contributed by atoms with Gasteiger partial charge in [0.25, 0.3) is 0 Å². The molecule has 7 nitrogen and oxygen atoms in total. The molecule has 0 radical (unpaired) electrons. The minimum atomic E-state index is 0.437. The van der Waals surface area contributed by atoms with Gasteiger partial charge in [-0.25, -0.2) is 0 Å². The zero-order chi connectivity index (χ0) is 23.6. The Balaban J connectivity index is 1.33. The molecule has 4 aromatic rings. The lowest BCUT2D eigenvalue weighted by Gasteiger charge is -2.16. The van der Waals surface area contributed by atoms with Crippen molar-refractivity contribution in [2.24, 2.45) is 0 Å². The molecule has 0 aliphatic heterocycles. The maximum atomic E-state index is 6.18. The first-order valence-electron chi connectivity index (χ1n) is 11.0. The van der Waals surface area contributed by atoms with Gasteiger partial charge in [-0.3, -0.25) is 0 Å². The second kappa shape index (κ2) is 12.4. The SMILES string of the molecule is CCOc1cccc(CNCCSc2nnnn2-c2ccccc2)c1OCc1ccc(Cl)cc1. The molecular formula is C25H26ClN5O2S. The molecule has 176 valence electrons. The number of nitrogens with one attached hydrogen (secondary N) is 1. The molecule has 9 heteroatoms. The van der Waals surface area contributed by atoms with Crippen LogP contribution in [0.15, 0.2) is 78.0 Å². The van der Waals surface area contributed by atoms with Gasteiger partial charge in [0.2, 0.25) is 5.16 Å². The largest absolute Gasteiger partial charge is 0.490 e. The summed E-state index contributed by atoms with van der Waals surface area (Å²) in [4.78, 5) is 0. The first-order valence-corrected chi connectivity index (χ1v) is 12.4. The molecule has 0 atom stereocenters. The van der Waals surface area contributed by atoms with Gasteiger partial charge in [0.05, 0.1) is 12.3 Å². The average molecular weight is 496 g/mol. The normalized spacial score (nSPS) is 10.9. The Morgan fingerprint density at radius 2 is 1.79 bits per heavy atom. The molecule has 0 aliphatic carbocycles. The van der Waals surface area contributed by atoms with Crippen molar-refractivity contribution in [3.8, 4) is 17.2 Å². The number of hydrogen-bond acceptors (Lipinski definition) is 7. The van der Waals surface area contributed by atoms with Crippen LogP contribution in [0, 0.1) is 0 Å². The minimum absolute atomic E-state index is 0.437. The van der Waals surface area contributed by atoms with Crippen molar-refractivity contribution in [2.45, 2.75) is 25.2 Å². The van der Waals surface area contributed by atoms with Crippen molar-refractivity contribution < 1.29 is 9.47 Å². The summed E-state index contributed by atoms with van der Waals surface area (Å²) in [6.07, 6.45) is 0.